The van der Waals surface area contributed by atoms with Crippen LogP contribution in [-0.4, -0.2) is 20.4 Å². The Bertz CT molecular complexity index is 1450. The molecule has 0 spiro atoms. The smallest absolute Gasteiger partial charge is 0.293 e. The van der Waals surface area contributed by atoms with Gasteiger partial charge in [-0.25, -0.2) is 4.39 Å². The fourth-order valence-corrected chi connectivity index (χ4v) is 3.71. The van der Waals surface area contributed by atoms with E-state index in [0.717, 1.165) is 0 Å². The minimum absolute atomic E-state index is 0.0385. The molecule has 1 aromatic carbocycles. The molecule has 1 N–H and O–H groups in total. The third-order valence-electron chi connectivity index (χ3n) is 5.26. The lowest BCUT2D eigenvalue weighted by Gasteiger charge is -2.16. The van der Waals surface area contributed by atoms with Gasteiger partial charge in [-0.05, 0) is 49.2 Å². The molecule has 7 nitrogen and oxygen atoms in total. The molecule has 3 aromatic heterocycles. The number of halogens is 1. The third kappa shape index (κ3) is 3.35. The molecule has 31 heavy (non-hydrogen) atoms. The Morgan fingerprint density at radius 1 is 0.968 bits per heavy atom. The monoisotopic (exact) mass is 421 g/mol. The lowest BCUT2D eigenvalue weighted by molar-refractivity contribution is 0.112. The molecule has 0 fully saturated rings. The highest BCUT2D eigenvalue weighted by Crippen LogP contribution is 2.36. The van der Waals surface area contributed by atoms with Crippen LogP contribution >= 0.6 is 0 Å². The number of aromatic nitrogens is 3. The summed E-state index contributed by atoms with van der Waals surface area (Å²) in [5.74, 6) is 0.0308. The molecular formula is C23H20FN3O4. The summed E-state index contributed by atoms with van der Waals surface area (Å²) in [6.45, 7) is 3.40. The maximum atomic E-state index is 13.7. The zero-order valence-electron chi connectivity index (χ0n) is 17.4. The van der Waals surface area contributed by atoms with Gasteiger partial charge >= 0.3 is 0 Å². The van der Waals surface area contributed by atoms with Crippen molar-refractivity contribution in [3.8, 4) is 22.6 Å². The Kier molecular flexibility index (Phi) is 4.85. The van der Waals surface area contributed by atoms with E-state index in [9.17, 15) is 18.8 Å². The van der Waals surface area contributed by atoms with Crippen molar-refractivity contribution < 1.29 is 13.9 Å². The lowest BCUT2D eigenvalue weighted by Crippen LogP contribution is -2.20. The minimum Gasteiger partial charge on any atom is -0.450 e. The molecule has 0 aliphatic carbocycles. The molecule has 0 bridgehead atoms. The summed E-state index contributed by atoms with van der Waals surface area (Å²) in [6.07, 6.45) is 3.81. The molecular weight excluding hydrogens is 401 g/mol. The highest BCUT2D eigenvalue weighted by Gasteiger charge is 2.20. The minimum atomic E-state index is -0.395. The van der Waals surface area contributed by atoms with Gasteiger partial charge in [-0.3, -0.25) is 14.4 Å². The van der Waals surface area contributed by atoms with Gasteiger partial charge in [0.1, 0.15) is 17.1 Å². The maximum absolute atomic E-state index is 13.7. The third-order valence-corrected chi connectivity index (χ3v) is 5.26. The van der Waals surface area contributed by atoms with E-state index in [1.807, 2.05) is 0 Å². The number of nitrogens with zero attached hydrogens (tertiary/aromatic N) is 2. The average molecular weight is 421 g/mol. The van der Waals surface area contributed by atoms with Crippen LogP contribution in [-0.2, 0) is 14.1 Å². The standard InChI is InChI=1S/C23H20FN3O4/c1-12-7-14(24)8-13(2)20(12)31-21-16(5-6-26(3)23(21)30)18-10-27(4)22(29)19-17(18)9-15(11-28)25-19/h5-11,25H,1-4H3. The largest absolute Gasteiger partial charge is 0.450 e. The van der Waals surface area contributed by atoms with Gasteiger partial charge in [0.25, 0.3) is 11.1 Å². The molecule has 0 aliphatic heterocycles. The van der Waals surface area contributed by atoms with Crippen molar-refractivity contribution in [1.29, 1.82) is 0 Å². The molecule has 4 rings (SSSR count). The van der Waals surface area contributed by atoms with Gasteiger partial charge in [-0.15, -0.1) is 0 Å². The molecule has 0 amide bonds. The topological polar surface area (TPSA) is 86.1 Å². The van der Waals surface area contributed by atoms with Crippen LogP contribution < -0.4 is 15.9 Å². The second-order valence-electron chi connectivity index (χ2n) is 7.54. The van der Waals surface area contributed by atoms with Crippen molar-refractivity contribution in [2.45, 2.75) is 13.8 Å². The zero-order chi connectivity index (χ0) is 22.4. The van der Waals surface area contributed by atoms with E-state index in [1.165, 1.54) is 21.3 Å². The van der Waals surface area contributed by atoms with Crippen LogP contribution in [0.15, 0.2) is 46.2 Å². The molecule has 0 radical (unpaired) electrons. The van der Waals surface area contributed by atoms with E-state index in [0.29, 0.717) is 39.7 Å². The van der Waals surface area contributed by atoms with E-state index in [2.05, 4.69) is 4.98 Å². The number of nitrogens with one attached hydrogen (secondary N) is 1. The van der Waals surface area contributed by atoms with E-state index in [-0.39, 0.29) is 22.5 Å². The number of benzene rings is 1. The summed E-state index contributed by atoms with van der Waals surface area (Å²) in [5, 5.41) is 0.496. The molecule has 3 heterocycles. The van der Waals surface area contributed by atoms with Crippen LogP contribution in [0.3, 0.4) is 0 Å². The number of fused-ring (bicyclic) bond motifs is 1. The summed E-state index contributed by atoms with van der Waals surface area (Å²) in [7, 11) is 3.18. The number of carbonyl (C=O) groups is 1. The lowest BCUT2D eigenvalue weighted by atomic mass is 10.0. The summed E-state index contributed by atoms with van der Waals surface area (Å²) < 4.78 is 22.6. The van der Waals surface area contributed by atoms with Gasteiger partial charge < -0.3 is 18.9 Å². The SMILES string of the molecule is Cc1cc(F)cc(C)c1Oc1c(-c2cn(C)c(=O)c3[nH]c(C=O)cc23)ccn(C)c1=O. The predicted molar refractivity (Wildman–Crippen MR) is 116 cm³/mol. The van der Waals surface area contributed by atoms with Crippen molar-refractivity contribution in [2.24, 2.45) is 14.1 Å². The Morgan fingerprint density at radius 3 is 2.29 bits per heavy atom. The van der Waals surface area contributed by atoms with Crippen molar-refractivity contribution in [2.75, 3.05) is 0 Å². The summed E-state index contributed by atoms with van der Waals surface area (Å²) in [6, 6.07) is 5.94. The number of aromatic amines is 1. The average Bonchev–Trinajstić information content (AvgIpc) is 3.15. The number of aryl methyl sites for hydroxylation is 4. The fraction of sp³-hybridized carbons (Fsp3) is 0.174. The molecule has 8 heteroatoms. The molecule has 0 unspecified atom stereocenters. The quantitative estimate of drug-likeness (QED) is 0.510. The Hall–Kier alpha value is -3.94. The van der Waals surface area contributed by atoms with Crippen LogP contribution in [0.5, 0.6) is 11.5 Å². The van der Waals surface area contributed by atoms with Gasteiger partial charge in [-0.2, -0.15) is 0 Å². The first-order chi connectivity index (χ1) is 14.7. The van der Waals surface area contributed by atoms with Gasteiger partial charge in [-0.1, -0.05) is 0 Å². The Labute approximate surface area is 176 Å². The summed E-state index contributed by atoms with van der Waals surface area (Å²) in [4.78, 5) is 39.7. The van der Waals surface area contributed by atoms with Crippen LogP contribution in [0.2, 0.25) is 0 Å². The number of ether oxygens (including phenoxy) is 1. The molecule has 0 saturated heterocycles. The number of aldehydes is 1. The van der Waals surface area contributed by atoms with Gasteiger partial charge in [0.2, 0.25) is 0 Å². The van der Waals surface area contributed by atoms with E-state index in [1.54, 1.807) is 52.5 Å². The van der Waals surface area contributed by atoms with Gasteiger partial charge in [0.15, 0.2) is 12.0 Å². The normalized spacial score (nSPS) is 11.1. The first-order valence-corrected chi connectivity index (χ1v) is 9.53. The van der Waals surface area contributed by atoms with Crippen LogP contribution in [0, 0.1) is 19.7 Å². The van der Waals surface area contributed by atoms with Crippen LogP contribution in [0.4, 0.5) is 4.39 Å². The summed E-state index contributed by atoms with van der Waals surface area (Å²) in [5.41, 5.74) is 1.89. The Morgan fingerprint density at radius 2 is 1.65 bits per heavy atom. The number of rotatable bonds is 4. The number of H-pyrrole nitrogens is 1. The van der Waals surface area contributed by atoms with Crippen molar-refractivity contribution in [3.63, 3.8) is 0 Å². The molecule has 4 aromatic rings. The van der Waals surface area contributed by atoms with Gasteiger partial charge in [0.05, 0.1) is 5.69 Å². The molecule has 0 atom stereocenters. The van der Waals surface area contributed by atoms with Crippen molar-refractivity contribution in [3.05, 3.63) is 80.0 Å². The molecule has 0 aliphatic rings. The highest BCUT2D eigenvalue weighted by molar-refractivity contribution is 5.99. The summed E-state index contributed by atoms with van der Waals surface area (Å²) >= 11 is 0. The number of hydrogen-bond acceptors (Lipinski definition) is 4. The highest BCUT2D eigenvalue weighted by atomic mass is 19.1. The number of pyridine rings is 2. The second kappa shape index (κ2) is 7.39. The predicted octanol–water partition coefficient (Wildman–Crippen LogP) is 3.59. The number of carbonyl (C=O) groups excluding carboxylic acids is 1. The molecule has 158 valence electrons. The van der Waals surface area contributed by atoms with Crippen LogP contribution in [0.25, 0.3) is 22.0 Å². The van der Waals surface area contributed by atoms with E-state index in [4.69, 9.17) is 4.74 Å². The van der Waals surface area contributed by atoms with E-state index >= 15 is 0 Å². The van der Waals surface area contributed by atoms with Crippen LogP contribution in [0.1, 0.15) is 21.6 Å². The first kappa shape index (κ1) is 20.3. The molecule has 0 saturated carbocycles. The van der Waals surface area contributed by atoms with Gasteiger partial charge in [0, 0.05) is 43.0 Å². The maximum Gasteiger partial charge on any atom is 0.293 e. The first-order valence-electron chi connectivity index (χ1n) is 9.53. The fourth-order valence-electron chi connectivity index (χ4n) is 3.71. The van der Waals surface area contributed by atoms with E-state index < -0.39 is 11.4 Å². The zero-order valence-corrected chi connectivity index (χ0v) is 17.4. The van der Waals surface area contributed by atoms with Crippen molar-refractivity contribution >= 4 is 17.2 Å². The second-order valence-corrected chi connectivity index (χ2v) is 7.54. The Balaban J connectivity index is 2.03. The number of hydrogen-bond donors (Lipinski definition) is 1. The van der Waals surface area contributed by atoms with Crippen molar-refractivity contribution in [1.82, 2.24) is 14.1 Å².